The van der Waals surface area contributed by atoms with Crippen LogP contribution in [0.15, 0.2) is 9.59 Å². The fourth-order valence-electron chi connectivity index (χ4n) is 0.891. The number of ether oxygens (including phenoxy) is 1. The average molecular weight is 200 g/mol. The van der Waals surface area contributed by atoms with Gasteiger partial charge in [-0.2, -0.15) is 0 Å². The molecule has 1 heterocycles. The first-order valence-electron chi connectivity index (χ1n) is 4.16. The lowest BCUT2D eigenvalue weighted by Gasteiger charge is -2.02. The second kappa shape index (κ2) is 5.18. The van der Waals surface area contributed by atoms with Gasteiger partial charge in [-0.25, -0.2) is 9.89 Å². The number of methoxy groups -OCH3 is 1. The summed E-state index contributed by atoms with van der Waals surface area (Å²) < 4.78 is 4.82. The topological polar surface area (TPSA) is 99.9 Å². The van der Waals surface area contributed by atoms with Crippen molar-refractivity contribution in [3.8, 4) is 0 Å². The number of anilines is 1. The van der Waals surface area contributed by atoms with Crippen molar-refractivity contribution in [2.75, 3.05) is 25.6 Å². The van der Waals surface area contributed by atoms with E-state index >= 15 is 0 Å². The highest BCUT2D eigenvalue weighted by molar-refractivity contribution is 5.28. The van der Waals surface area contributed by atoms with E-state index in [4.69, 9.17) is 4.74 Å². The number of aromatic amines is 2. The maximum atomic E-state index is 11.1. The molecule has 1 rings (SSSR count). The Labute approximate surface area is 79.5 Å². The van der Waals surface area contributed by atoms with E-state index in [9.17, 15) is 9.59 Å². The maximum Gasteiger partial charge on any atom is 0.342 e. The largest absolute Gasteiger partial charge is 0.385 e. The van der Waals surface area contributed by atoms with E-state index in [0.717, 1.165) is 6.42 Å². The highest BCUT2D eigenvalue weighted by atomic mass is 16.5. The van der Waals surface area contributed by atoms with Crippen LogP contribution in [0.3, 0.4) is 0 Å². The number of aromatic nitrogens is 3. The first kappa shape index (κ1) is 10.5. The lowest BCUT2D eigenvalue weighted by Crippen LogP contribution is -2.27. The first-order chi connectivity index (χ1) is 6.74. The average Bonchev–Trinajstić information content (AvgIpc) is 2.15. The van der Waals surface area contributed by atoms with Crippen LogP contribution in [0.5, 0.6) is 0 Å². The molecule has 7 nitrogen and oxygen atoms in total. The molecule has 78 valence electrons. The van der Waals surface area contributed by atoms with Crippen LogP contribution in [0.4, 0.5) is 5.82 Å². The number of nitrogens with one attached hydrogen (secondary N) is 3. The molecule has 0 unspecified atom stereocenters. The Bertz CT molecular complexity index is 383. The van der Waals surface area contributed by atoms with Gasteiger partial charge in [0.2, 0.25) is 5.82 Å². The second-order valence-corrected chi connectivity index (χ2v) is 2.63. The van der Waals surface area contributed by atoms with Gasteiger partial charge in [0.15, 0.2) is 0 Å². The second-order valence-electron chi connectivity index (χ2n) is 2.63. The normalized spacial score (nSPS) is 10.1. The molecule has 0 bridgehead atoms. The van der Waals surface area contributed by atoms with Crippen LogP contribution in [0.25, 0.3) is 0 Å². The lowest BCUT2D eigenvalue weighted by molar-refractivity contribution is 0.197. The zero-order chi connectivity index (χ0) is 10.4. The maximum absolute atomic E-state index is 11.1. The van der Waals surface area contributed by atoms with Crippen molar-refractivity contribution in [3.05, 3.63) is 20.8 Å². The van der Waals surface area contributed by atoms with E-state index in [1.54, 1.807) is 7.11 Å². The van der Waals surface area contributed by atoms with Crippen molar-refractivity contribution in [2.45, 2.75) is 6.42 Å². The minimum atomic E-state index is -0.613. The third-order valence-corrected chi connectivity index (χ3v) is 1.53. The fraction of sp³-hybridized carbons (Fsp3) is 0.571. The van der Waals surface area contributed by atoms with Gasteiger partial charge in [0.1, 0.15) is 0 Å². The summed E-state index contributed by atoms with van der Waals surface area (Å²) in [6, 6.07) is 0. The van der Waals surface area contributed by atoms with E-state index in [-0.39, 0.29) is 5.82 Å². The Morgan fingerprint density at radius 3 is 2.93 bits per heavy atom. The quantitative estimate of drug-likeness (QED) is 0.524. The number of H-pyrrole nitrogens is 2. The smallest absolute Gasteiger partial charge is 0.342 e. The number of hydrogen-bond acceptors (Lipinski definition) is 5. The van der Waals surface area contributed by atoms with E-state index < -0.39 is 11.2 Å². The molecule has 0 fully saturated rings. The number of hydrogen-bond donors (Lipinski definition) is 3. The Morgan fingerprint density at radius 1 is 1.50 bits per heavy atom. The SMILES string of the molecule is COCCCNc1n[nH]c(=O)[nH]c1=O. The van der Waals surface area contributed by atoms with E-state index in [2.05, 4.69) is 20.5 Å². The standard InChI is InChI=1S/C7H12N4O3/c1-14-4-2-3-8-5-6(12)9-7(13)11-10-5/h2-4H2,1H3,(H,8,10)(H2,9,11,12,13). The van der Waals surface area contributed by atoms with Crippen LogP contribution in [-0.2, 0) is 4.74 Å². The van der Waals surface area contributed by atoms with Crippen LogP contribution >= 0.6 is 0 Å². The molecule has 7 heteroatoms. The zero-order valence-corrected chi connectivity index (χ0v) is 7.79. The Morgan fingerprint density at radius 2 is 2.29 bits per heavy atom. The number of rotatable bonds is 5. The van der Waals surface area contributed by atoms with E-state index in [1.807, 2.05) is 0 Å². The van der Waals surface area contributed by atoms with Gasteiger partial charge in [-0.15, -0.1) is 5.10 Å². The lowest BCUT2D eigenvalue weighted by atomic mass is 10.4. The van der Waals surface area contributed by atoms with Crippen molar-refractivity contribution in [3.63, 3.8) is 0 Å². The molecular weight excluding hydrogens is 188 g/mol. The van der Waals surface area contributed by atoms with Gasteiger partial charge in [0, 0.05) is 20.3 Å². The third kappa shape index (κ3) is 3.02. The molecule has 0 aromatic carbocycles. The minimum Gasteiger partial charge on any atom is -0.385 e. The van der Waals surface area contributed by atoms with Gasteiger partial charge >= 0.3 is 5.69 Å². The number of nitrogens with zero attached hydrogens (tertiary/aromatic N) is 1. The Kier molecular flexibility index (Phi) is 3.86. The van der Waals surface area contributed by atoms with Gasteiger partial charge < -0.3 is 10.1 Å². The molecule has 0 radical (unpaired) electrons. The van der Waals surface area contributed by atoms with Gasteiger partial charge in [0.05, 0.1) is 0 Å². The van der Waals surface area contributed by atoms with Crippen LogP contribution in [0, 0.1) is 0 Å². The fourth-order valence-corrected chi connectivity index (χ4v) is 0.891. The molecule has 14 heavy (non-hydrogen) atoms. The molecule has 1 aromatic heterocycles. The summed E-state index contributed by atoms with van der Waals surface area (Å²) in [6.45, 7) is 1.17. The Hall–Kier alpha value is -1.63. The van der Waals surface area contributed by atoms with Gasteiger partial charge in [0.25, 0.3) is 5.56 Å². The molecule has 1 aromatic rings. The molecule has 0 aliphatic carbocycles. The van der Waals surface area contributed by atoms with E-state index in [0.29, 0.717) is 13.2 Å². The summed E-state index contributed by atoms with van der Waals surface area (Å²) in [4.78, 5) is 23.7. The van der Waals surface area contributed by atoms with Gasteiger partial charge in [-0.05, 0) is 6.42 Å². The summed E-state index contributed by atoms with van der Waals surface area (Å²) >= 11 is 0. The van der Waals surface area contributed by atoms with Gasteiger partial charge in [-0.3, -0.25) is 9.78 Å². The first-order valence-corrected chi connectivity index (χ1v) is 4.16. The molecule has 0 aliphatic rings. The van der Waals surface area contributed by atoms with Crippen molar-refractivity contribution in [1.29, 1.82) is 0 Å². The third-order valence-electron chi connectivity index (χ3n) is 1.53. The molecule has 0 spiro atoms. The summed E-state index contributed by atoms with van der Waals surface area (Å²) in [7, 11) is 1.60. The molecular formula is C7H12N4O3. The minimum absolute atomic E-state index is 0.112. The molecule has 0 saturated heterocycles. The van der Waals surface area contributed by atoms with Crippen molar-refractivity contribution in [1.82, 2.24) is 15.2 Å². The monoisotopic (exact) mass is 200 g/mol. The summed E-state index contributed by atoms with van der Waals surface area (Å²) in [5.41, 5.74) is -1.14. The molecule has 0 amide bonds. The zero-order valence-electron chi connectivity index (χ0n) is 7.79. The summed E-state index contributed by atoms with van der Waals surface area (Å²) in [5.74, 6) is 0.112. The van der Waals surface area contributed by atoms with Crippen LogP contribution in [0.1, 0.15) is 6.42 Å². The van der Waals surface area contributed by atoms with E-state index in [1.165, 1.54) is 0 Å². The molecule has 0 saturated carbocycles. The van der Waals surface area contributed by atoms with Crippen molar-refractivity contribution >= 4 is 5.82 Å². The van der Waals surface area contributed by atoms with Gasteiger partial charge in [-0.1, -0.05) is 0 Å². The Balaban J connectivity index is 2.51. The summed E-state index contributed by atoms with van der Waals surface area (Å²) in [5, 5.41) is 8.44. The summed E-state index contributed by atoms with van der Waals surface area (Å²) in [6.07, 6.45) is 0.761. The predicted molar refractivity (Wildman–Crippen MR) is 50.5 cm³/mol. The van der Waals surface area contributed by atoms with Crippen molar-refractivity contribution in [2.24, 2.45) is 0 Å². The molecule has 3 N–H and O–H groups in total. The van der Waals surface area contributed by atoms with Crippen LogP contribution < -0.4 is 16.6 Å². The molecule has 0 aliphatic heterocycles. The van der Waals surface area contributed by atoms with Crippen LogP contribution in [-0.4, -0.2) is 35.4 Å². The highest BCUT2D eigenvalue weighted by Crippen LogP contribution is 1.87. The highest BCUT2D eigenvalue weighted by Gasteiger charge is 1.99. The van der Waals surface area contributed by atoms with Crippen molar-refractivity contribution < 1.29 is 4.74 Å². The van der Waals surface area contributed by atoms with Crippen LogP contribution in [0.2, 0.25) is 0 Å². The predicted octanol–water partition coefficient (Wildman–Crippen LogP) is -1.09. The molecule has 0 atom stereocenters.